The minimum Gasteiger partial charge on any atom is -0.491 e. The zero-order chi connectivity index (χ0) is 38.2. The predicted molar refractivity (Wildman–Crippen MR) is 202 cm³/mol. The highest BCUT2D eigenvalue weighted by atomic mass is 32.1. The quantitative estimate of drug-likeness (QED) is 0.219. The maximum atomic E-state index is 14.3. The van der Waals surface area contributed by atoms with Crippen LogP contribution in [-0.4, -0.2) is 68.1 Å². The third kappa shape index (κ3) is 10.7. The summed E-state index contributed by atoms with van der Waals surface area (Å²) < 4.78 is 7.67. The number of hydrogen-bond donors (Lipinski definition) is 4. The van der Waals surface area contributed by atoms with E-state index in [4.69, 9.17) is 4.74 Å². The van der Waals surface area contributed by atoms with Gasteiger partial charge in [-0.15, -0.1) is 11.3 Å². The molecule has 2 aromatic heterocycles. The molecule has 2 bridgehead atoms. The van der Waals surface area contributed by atoms with E-state index < -0.39 is 35.8 Å². The molecule has 0 spiro atoms. The molecule has 2 aliphatic heterocycles. The lowest BCUT2D eigenvalue weighted by Crippen LogP contribution is -2.55. The Morgan fingerprint density at radius 2 is 1.66 bits per heavy atom. The molecule has 4 amide bonds. The van der Waals surface area contributed by atoms with Crippen molar-refractivity contribution in [1.29, 1.82) is 0 Å². The number of rotatable bonds is 7. The van der Waals surface area contributed by atoms with Gasteiger partial charge < -0.3 is 26.0 Å². The number of carbonyl (C=O) groups is 4. The van der Waals surface area contributed by atoms with Crippen molar-refractivity contribution in [3.05, 3.63) is 93.0 Å². The zero-order valence-electron chi connectivity index (χ0n) is 31.4. The van der Waals surface area contributed by atoms with Crippen LogP contribution >= 0.6 is 11.3 Å². The topological polar surface area (TPSA) is 169 Å². The molecule has 4 N–H and O–H groups in total. The van der Waals surface area contributed by atoms with Crippen molar-refractivity contribution in [3.63, 3.8) is 0 Å². The van der Waals surface area contributed by atoms with E-state index in [1.807, 2.05) is 63.2 Å². The standard InChI is InChI=1S/C39H50N8O5S/c1-22(2)17-29-21-52-30-15-13-28(14-16-30)19-31(44-39(51)35-24(5)40-26(7)53-35)37(49)43-32(18-27-11-9-8-10-12-27)38(50)45-34(23(3)4)36-41-25(6)46-47(36)20-33(48)42-29/h8-16,22-23,29,31-32,34H,17-21H2,1-7H3,(H,42,48)(H,43,49)(H,44,51)(H,45,50)/t29-,31+,32-,34-/m0/s1. The molecule has 0 radical (unpaired) electrons. The van der Waals surface area contributed by atoms with E-state index in [1.54, 1.807) is 26.0 Å². The average Bonchev–Trinajstić information content (AvgIpc) is 3.64. The van der Waals surface area contributed by atoms with E-state index in [-0.39, 0.29) is 43.9 Å². The van der Waals surface area contributed by atoms with Crippen LogP contribution in [0.2, 0.25) is 0 Å². The second kappa shape index (κ2) is 17.6. The average molecular weight is 743 g/mol. The van der Waals surface area contributed by atoms with Gasteiger partial charge in [0.25, 0.3) is 5.91 Å². The molecule has 53 heavy (non-hydrogen) atoms. The third-order valence-electron chi connectivity index (χ3n) is 8.92. The summed E-state index contributed by atoms with van der Waals surface area (Å²) >= 11 is 1.26. The van der Waals surface area contributed by atoms with Crippen molar-refractivity contribution >= 4 is 35.0 Å². The SMILES string of the molecule is Cc1nc2n(n1)CC(=O)N[C@@H](CC(C)C)COc1ccc(cc1)C[C@@H](NC(=O)c1sc(C)nc1C)C(=O)N[C@@H](Cc1ccccc1)C(=O)N[C@H]2C(C)C. The highest BCUT2D eigenvalue weighted by molar-refractivity contribution is 7.13. The number of hydrogen-bond acceptors (Lipinski definition) is 9. The highest BCUT2D eigenvalue weighted by Crippen LogP contribution is 2.22. The molecule has 0 aliphatic carbocycles. The molecule has 0 saturated heterocycles. The summed E-state index contributed by atoms with van der Waals surface area (Å²) in [6.07, 6.45) is 1.03. The van der Waals surface area contributed by atoms with Gasteiger partial charge in [-0.3, -0.25) is 19.2 Å². The lowest BCUT2D eigenvalue weighted by atomic mass is 10.00. The van der Waals surface area contributed by atoms with Gasteiger partial charge in [-0.2, -0.15) is 5.10 Å². The van der Waals surface area contributed by atoms with Crippen LogP contribution < -0.4 is 26.0 Å². The predicted octanol–water partition coefficient (Wildman–Crippen LogP) is 4.17. The summed E-state index contributed by atoms with van der Waals surface area (Å²) in [5.41, 5.74) is 2.19. The molecule has 282 valence electrons. The number of amides is 4. The Kier molecular flexibility index (Phi) is 13.0. The molecular weight excluding hydrogens is 693 g/mol. The smallest absolute Gasteiger partial charge is 0.263 e. The molecule has 0 unspecified atom stereocenters. The molecule has 6 rings (SSSR count). The van der Waals surface area contributed by atoms with Crippen molar-refractivity contribution in [1.82, 2.24) is 41.0 Å². The highest BCUT2D eigenvalue weighted by Gasteiger charge is 2.32. The van der Waals surface area contributed by atoms with Gasteiger partial charge in [0.15, 0.2) is 5.82 Å². The number of fused-ring (bicyclic) bond motifs is 14. The Morgan fingerprint density at radius 1 is 0.943 bits per heavy atom. The van der Waals surface area contributed by atoms with Gasteiger partial charge in [0.05, 0.1) is 22.8 Å². The van der Waals surface area contributed by atoms with Crippen LogP contribution in [-0.2, 0) is 33.8 Å². The van der Waals surface area contributed by atoms with Gasteiger partial charge in [0.1, 0.15) is 41.7 Å². The number of nitrogens with zero attached hydrogens (tertiary/aromatic N) is 4. The van der Waals surface area contributed by atoms with E-state index in [9.17, 15) is 19.2 Å². The first kappa shape index (κ1) is 39.1. The molecule has 4 heterocycles. The maximum Gasteiger partial charge on any atom is 0.263 e. The van der Waals surface area contributed by atoms with Gasteiger partial charge >= 0.3 is 0 Å². The fourth-order valence-corrected chi connectivity index (χ4v) is 7.23. The Bertz CT molecular complexity index is 1890. The first-order chi connectivity index (χ1) is 25.2. The van der Waals surface area contributed by atoms with Crippen LogP contribution in [0.25, 0.3) is 0 Å². The van der Waals surface area contributed by atoms with Crippen molar-refractivity contribution in [2.45, 2.75) is 98.4 Å². The van der Waals surface area contributed by atoms with E-state index in [2.05, 4.69) is 50.2 Å². The molecular formula is C39H50N8O5S. The number of carbonyl (C=O) groups excluding carboxylic acids is 4. The molecule has 0 fully saturated rings. The minimum atomic E-state index is -1.02. The monoisotopic (exact) mass is 742 g/mol. The number of benzene rings is 2. The molecule has 4 aromatic rings. The Labute approximate surface area is 314 Å². The van der Waals surface area contributed by atoms with Gasteiger partial charge in [0, 0.05) is 12.8 Å². The first-order valence-corrected chi connectivity index (χ1v) is 18.9. The molecule has 2 aromatic carbocycles. The zero-order valence-corrected chi connectivity index (χ0v) is 32.3. The fourth-order valence-electron chi connectivity index (χ4n) is 6.41. The van der Waals surface area contributed by atoms with Crippen LogP contribution in [0, 0.1) is 32.6 Å². The Balaban J connectivity index is 1.54. The second-order valence-corrected chi connectivity index (χ2v) is 15.6. The summed E-state index contributed by atoms with van der Waals surface area (Å²) in [6, 6.07) is 13.7. The van der Waals surface area contributed by atoms with Crippen LogP contribution in [0.15, 0.2) is 54.6 Å². The van der Waals surface area contributed by atoms with Crippen molar-refractivity contribution in [2.24, 2.45) is 11.8 Å². The lowest BCUT2D eigenvalue weighted by Gasteiger charge is -2.27. The minimum absolute atomic E-state index is 0.108. The Hall–Kier alpha value is -5.11. The van der Waals surface area contributed by atoms with Crippen molar-refractivity contribution in [2.75, 3.05) is 6.61 Å². The van der Waals surface area contributed by atoms with Crippen molar-refractivity contribution < 1.29 is 23.9 Å². The molecule has 4 atom stereocenters. The molecule has 13 nitrogen and oxygen atoms in total. The third-order valence-corrected chi connectivity index (χ3v) is 10.00. The summed E-state index contributed by atoms with van der Waals surface area (Å²) in [5, 5.41) is 17.4. The van der Waals surface area contributed by atoms with Gasteiger partial charge in [0.2, 0.25) is 17.7 Å². The number of nitrogens with one attached hydrogen (secondary N) is 4. The van der Waals surface area contributed by atoms with Crippen LogP contribution in [0.5, 0.6) is 5.75 Å². The van der Waals surface area contributed by atoms with Crippen LogP contribution in [0.4, 0.5) is 0 Å². The number of thiazole rings is 1. The second-order valence-electron chi connectivity index (χ2n) is 14.4. The number of aromatic nitrogens is 4. The van der Waals surface area contributed by atoms with Gasteiger partial charge in [-0.25, -0.2) is 14.6 Å². The first-order valence-electron chi connectivity index (χ1n) is 18.1. The van der Waals surface area contributed by atoms with Crippen LogP contribution in [0.1, 0.15) is 83.3 Å². The molecule has 14 heteroatoms. The Morgan fingerprint density at radius 3 is 2.30 bits per heavy atom. The number of aryl methyl sites for hydroxylation is 3. The van der Waals surface area contributed by atoms with Crippen LogP contribution in [0.3, 0.4) is 0 Å². The van der Waals surface area contributed by atoms with E-state index in [1.165, 1.54) is 16.0 Å². The largest absolute Gasteiger partial charge is 0.491 e. The molecule has 2 aliphatic rings. The maximum absolute atomic E-state index is 14.3. The van der Waals surface area contributed by atoms with E-state index in [0.717, 1.165) is 16.1 Å². The number of ether oxygens (including phenoxy) is 1. The summed E-state index contributed by atoms with van der Waals surface area (Å²) in [4.78, 5) is 65.1. The lowest BCUT2D eigenvalue weighted by molar-refractivity contribution is -0.130. The summed E-state index contributed by atoms with van der Waals surface area (Å²) in [6.45, 7) is 13.5. The van der Waals surface area contributed by atoms with Gasteiger partial charge in [-0.05, 0) is 62.3 Å². The van der Waals surface area contributed by atoms with Gasteiger partial charge in [-0.1, -0.05) is 70.2 Å². The van der Waals surface area contributed by atoms with E-state index >= 15 is 0 Å². The van der Waals surface area contributed by atoms with Crippen molar-refractivity contribution in [3.8, 4) is 5.75 Å². The fraction of sp³-hybridized carbons (Fsp3) is 0.462. The summed E-state index contributed by atoms with van der Waals surface area (Å²) in [5.74, 6) is -0.0116. The van der Waals surface area contributed by atoms with E-state index in [0.29, 0.717) is 40.3 Å². The normalized spacial score (nSPS) is 20.3. The summed E-state index contributed by atoms with van der Waals surface area (Å²) in [7, 11) is 0. The molecule has 0 saturated carbocycles.